The predicted octanol–water partition coefficient (Wildman–Crippen LogP) is 3.97. The zero-order chi connectivity index (χ0) is 43.4. The van der Waals surface area contributed by atoms with Crippen molar-refractivity contribution in [1.82, 2.24) is 9.80 Å². The third kappa shape index (κ3) is 13.4. The van der Waals surface area contributed by atoms with Gasteiger partial charge >= 0.3 is 23.9 Å². The minimum Gasteiger partial charge on any atom is -0.463 e. The van der Waals surface area contributed by atoms with Crippen LogP contribution < -0.4 is 5.73 Å². The Balaban J connectivity index is 1.46. The lowest BCUT2D eigenvalue weighted by molar-refractivity contribution is -0.292. The van der Waals surface area contributed by atoms with Crippen molar-refractivity contribution in [1.29, 1.82) is 10.8 Å². The number of likely N-dealkylation sites (tertiary alicyclic amines) is 2. The second-order valence-corrected chi connectivity index (χ2v) is 16.3. The number of aryl methyl sites for hydroxylation is 1. The number of nitrogens with zero attached hydrogens (tertiary/aromatic N) is 2. The van der Waals surface area contributed by atoms with Crippen LogP contribution in [-0.4, -0.2) is 128 Å². The molecule has 3 saturated heterocycles. The van der Waals surface area contributed by atoms with Crippen LogP contribution in [0.1, 0.15) is 90.3 Å². The number of piperidine rings is 2. The number of ether oxygens (including phenoxy) is 6. The first-order valence-corrected chi connectivity index (χ1v) is 20.5. The third-order valence-electron chi connectivity index (χ3n) is 11.3. The number of amides is 1. The lowest BCUT2D eigenvalue weighted by atomic mass is 9.72. The van der Waals surface area contributed by atoms with E-state index in [-0.39, 0.29) is 41.8 Å². The third-order valence-corrected chi connectivity index (χ3v) is 11.3. The standard InChI is InChI=1S/C43H63N5O11/c1-26(2)37(45)34(41(46)59-42-40(57-31(7)52)39(56-30(6)51)38(55-29(5)50)35(58-42)24-54-28(4)49)22-33-13-12-32(21-27(33)3)11-8-9-17-47-18-10-14-43(25-47)15-19-48(20-16-43)36(53)23-44/h8,11-13,21,26,34-35,38-40,42,45-46H,9-10,14-20,22-25,44H2,1-7H3. The molecule has 0 saturated carbocycles. The average Bonchev–Trinajstić information content (AvgIpc) is 3.17. The quantitative estimate of drug-likeness (QED) is 0.0931. The maximum Gasteiger partial charge on any atom is 0.303 e. The van der Waals surface area contributed by atoms with Crippen molar-refractivity contribution in [2.75, 3.05) is 45.9 Å². The summed E-state index contributed by atoms with van der Waals surface area (Å²) in [5, 5.41) is 18.1. The van der Waals surface area contributed by atoms with Crippen LogP contribution >= 0.6 is 0 Å². The molecule has 326 valence electrons. The first-order chi connectivity index (χ1) is 27.9. The largest absolute Gasteiger partial charge is 0.463 e. The van der Waals surface area contributed by atoms with Crippen LogP contribution in [0.25, 0.3) is 6.08 Å². The van der Waals surface area contributed by atoms with Crippen molar-refractivity contribution in [3.63, 3.8) is 0 Å². The molecule has 4 rings (SSSR count). The number of rotatable bonds is 16. The Hall–Kier alpha value is -4.67. The summed E-state index contributed by atoms with van der Waals surface area (Å²) in [6.07, 6.45) is 2.72. The SMILES string of the molecule is CC(=O)OCC1OC(OC(=N)C(Cc2ccc(C=CCCN3CCCC4(CCN(C(=O)CN)CC4)C3)cc2C)C(=N)C(C)C)C(OC(C)=O)C(OC(C)=O)C1OC(C)=O. The van der Waals surface area contributed by atoms with Crippen LogP contribution in [0.4, 0.5) is 0 Å². The summed E-state index contributed by atoms with van der Waals surface area (Å²) in [6, 6.07) is 6.05. The van der Waals surface area contributed by atoms with Gasteiger partial charge in [0, 0.05) is 59.6 Å². The highest BCUT2D eigenvalue weighted by Crippen LogP contribution is 2.40. The molecule has 1 aromatic carbocycles. The number of carbonyl (C=O) groups is 5. The Labute approximate surface area is 347 Å². The maximum absolute atomic E-state index is 12.3. The van der Waals surface area contributed by atoms with Gasteiger partial charge in [-0.05, 0) is 80.0 Å². The van der Waals surface area contributed by atoms with Crippen LogP contribution in [0.2, 0.25) is 0 Å². The Morgan fingerprint density at radius 1 is 0.898 bits per heavy atom. The molecular formula is C43H63N5O11. The Morgan fingerprint density at radius 3 is 2.14 bits per heavy atom. The molecule has 3 fully saturated rings. The van der Waals surface area contributed by atoms with E-state index < -0.39 is 67.1 Å². The Bertz CT molecular complexity index is 1720. The molecule has 0 aliphatic carbocycles. The van der Waals surface area contributed by atoms with E-state index in [1.165, 1.54) is 13.3 Å². The lowest BCUT2D eigenvalue weighted by Gasteiger charge is -2.47. The van der Waals surface area contributed by atoms with Crippen molar-refractivity contribution in [2.45, 2.75) is 118 Å². The van der Waals surface area contributed by atoms with E-state index in [4.69, 9.17) is 45.0 Å². The van der Waals surface area contributed by atoms with Gasteiger partial charge in [0.05, 0.1) is 12.5 Å². The van der Waals surface area contributed by atoms with Gasteiger partial charge in [0.25, 0.3) is 0 Å². The molecule has 0 radical (unpaired) electrons. The number of hydrogen-bond donors (Lipinski definition) is 3. The molecule has 16 nitrogen and oxygen atoms in total. The van der Waals surface area contributed by atoms with Crippen molar-refractivity contribution < 1.29 is 52.4 Å². The molecule has 6 atom stereocenters. The number of hydrogen-bond acceptors (Lipinski definition) is 15. The Morgan fingerprint density at radius 2 is 1.54 bits per heavy atom. The van der Waals surface area contributed by atoms with Gasteiger partial charge in [-0.2, -0.15) is 0 Å². The van der Waals surface area contributed by atoms with Gasteiger partial charge in [0.15, 0.2) is 18.1 Å². The van der Waals surface area contributed by atoms with E-state index in [2.05, 4.69) is 23.1 Å². The summed E-state index contributed by atoms with van der Waals surface area (Å²) < 4.78 is 33.8. The van der Waals surface area contributed by atoms with Crippen LogP contribution in [0.15, 0.2) is 24.3 Å². The summed E-state index contributed by atoms with van der Waals surface area (Å²) >= 11 is 0. The smallest absolute Gasteiger partial charge is 0.303 e. The van der Waals surface area contributed by atoms with Crippen molar-refractivity contribution in [3.8, 4) is 0 Å². The minimum atomic E-state index is -1.57. The van der Waals surface area contributed by atoms with E-state index >= 15 is 0 Å². The van der Waals surface area contributed by atoms with Gasteiger partial charge in [-0.15, -0.1) is 0 Å². The zero-order valence-corrected chi connectivity index (χ0v) is 35.6. The monoisotopic (exact) mass is 825 g/mol. The zero-order valence-electron chi connectivity index (χ0n) is 35.6. The number of nitrogens with one attached hydrogen (secondary N) is 2. The summed E-state index contributed by atoms with van der Waals surface area (Å²) in [7, 11) is 0. The topological polar surface area (TPSA) is 221 Å². The molecular weight excluding hydrogens is 762 g/mol. The van der Waals surface area contributed by atoms with Crippen molar-refractivity contribution >= 4 is 47.5 Å². The molecule has 4 N–H and O–H groups in total. The van der Waals surface area contributed by atoms with Gasteiger partial charge in [-0.3, -0.25) is 29.4 Å². The fourth-order valence-corrected chi connectivity index (χ4v) is 8.25. The highest BCUT2D eigenvalue weighted by Gasteiger charge is 2.54. The summed E-state index contributed by atoms with van der Waals surface area (Å²) in [5.74, 6) is -4.44. The number of nitrogens with two attached hydrogens (primary N) is 1. The van der Waals surface area contributed by atoms with E-state index in [0.29, 0.717) is 0 Å². The van der Waals surface area contributed by atoms with Gasteiger partial charge in [-0.1, -0.05) is 44.2 Å². The maximum atomic E-state index is 12.3. The van der Waals surface area contributed by atoms with Gasteiger partial charge in [-0.25, -0.2) is 0 Å². The number of benzene rings is 1. The molecule has 1 amide bonds. The molecule has 1 spiro atoms. The molecule has 3 aliphatic heterocycles. The van der Waals surface area contributed by atoms with Crippen LogP contribution in [0.5, 0.6) is 0 Å². The lowest BCUT2D eigenvalue weighted by Crippen LogP contribution is -2.63. The molecule has 1 aromatic rings. The van der Waals surface area contributed by atoms with Crippen LogP contribution in [-0.2, 0) is 58.8 Å². The number of esters is 4. The molecule has 6 unspecified atom stereocenters. The van der Waals surface area contributed by atoms with E-state index in [1.807, 2.05) is 37.8 Å². The fraction of sp³-hybridized carbons (Fsp3) is 0.651. The van der Waals surface area contributed by atoms with E-state index in [1.54, 1.807) is 0 Å². The highest BCUT2D eigenvalue weighted by molar-refractivity contribution is 6.02. The van der Waals surface area contributed by atoms with Gasteiger partial charge in [0.1, 0.15) is 12.7 Å². The van der Waals surface area contributed by atoms with E-state index in [9.17, 15) is 24.0 Å². The number of carbonyl (C=O) groups excluding carboxylic acids is 5. The molecule has 3 aliphatic rings. The van der Waals surface area contributed by atoms with Crippen molar-refractivity contribution in [2.24, 2.45) is 23.0 Å². The second kappa shape index (κ2) is 21.5. The molecule has 0 aromatic heterocycles. The van der Waals surface area contributed by atoms with Crippen molar-refractivity contribution in [3.05, 3.63) is 41.0 Å². The fourth-order valence-electron chi connectivity index (χ4n) is 8.25. The van der Waals surface area contributed by atoms with E-state index in [0.717, 1.165) is 95.9 Å². The van der Waals surface area contributed by atoms with Gasteiger partial charge < -0.3 is 49.4 Å². The average molecular weight is 826 g/mol. The molecule has 3 heterocycles. The predicted molar refractivity (Wildman–Crippen MR) is 218 cm³/mol. The molecule has 0 bridgehead atoms. The molecule has 59 heavy (non-hydrogen) atoms. The molecule has 16 heteroatoms. The second-order valence-electron chi connectivity index (χ2n) is 16.3. The van der Waals surface area contributed by atoms with Crippen LogP contribution in [0, 0.1) is 35.0 Å². The first kappa shape index (κ1) is 47.0. The highest BCUT2D eigenvalue weighted by atomic mass is 16.7. The Kier molecular flexibility index (Phi) is 17.2. The normalized spacial score (nSPS) is 23.7. The summed E-state index contributed by atoms with van der Waals surface area (Å²) in [4.78, 5) is 65.0. The van der Waals surface area contributed by atoms with Gasteiger partial charge in [0.2, 0.25) is 18.3 Å². The van der Waals surface area contributed by atoms with Crippen LogP contribution in [0.3, 0.4) is 0 Å². The summed E-state index contributed by atoms with van der Waals surface area (Å²) in [6.45, 7) is 14.5. The first-order valence-electron chi connectivity index (χ1n) is 20.5. The minimum absolute atomic E-state index is 0.0348. The summed E-state index contributed by atoms with van der Waals surface area (Å²) in [5.41, 5.74) is 8.96.